The van der Waals surface area contributed by atoms with Crippen LogP contribution in [0.2, 0.25) is 0 Å². The summed E-state index contributed by atoms with van der Waals surface area (Å²) in [7, 11) is 0. The molecule has 1 aliphatic carbocycles. The third-order valence-corrected chi connectivity index (χ3v) is 3.88. The Labute approximate surface area is 104 Å². The monoisotopic (exact) mass is 233 g/mol. The van der Waals surface area contributed by atoms with Gasteiger partial charge >= 0.3 is 0 Å². The molecule has 1 aliphatic rings. The Bertz CT molecular complexity index is 343. The maximum atomic E-state index is 9.64. The standard InChI is InChI=1S/C15H23NO/c1-12-6-8-13(9-7-12)10-16-11-14-4-2-3-5-15(14)17/h2-5,12-13,16-17H,6-11H2,1H3. The van der Waals surface area contributed by atoms with Crippen molar-refractivity contribution in [3.05, 3.63) is 29.8 Å². The lowest BCUT2D eigenvalue weighted by molar-refractivity contribution is 0.281. The van der Waals surface area contributed by atoms with Gasteiger partial charge in [-0.2, -0.15) is 0 Å². The van der Waals surface area contributed by atoms with Crippen molar-refractivity contribution in [1.29, 1.82) is 0 Å². The number of hydrogen-bond donors (Lipinski definition) is 2. The molecule has 94 valence electrons. The maximum Gasteiger partial charge on any atom is 0.120 e. The van der Waals surface area contributed by atoms with Crippen LogP contribution in [0.1, 0.15) is 38.2 Å². The van der Waals surface area contributed by atoms with Crippen molar-refractivity contribution < 1.29 is 5.11 Å². The lowest BCUT2D eigenvalue weighted by atomic mass is 9.83. The van der Waals surface area contributed by atoms with Crippen molar-refractivity contribution in [2.75, 3.05) is 6.54 Å². The molecule has 1 aromatic carbocycles. The van der Waals surface area contributed by atoms with Gasteiger partial charge in [0.2, 0.25) is 0 Å². The van der Waals surface area contributed by atoms with Crippen LogP contribution in [0.5, 0.6) is 5.75 Å². The molecule has 0 bridgehead atoms. The smallest absolute Gasteiger partial charge is 0.120 e. The normalized spacial score (nSPS) is 24.8. The second kappa shape index (κ2) is 6.06. The maximum absolute atomic E-state index is 9.64. The summed E-state index contributed by atoms with van der Waals surface area (Å²) in [4.78, 5) is 0. The zero-order valence-electron chi connectivity index (χ0n) is 10.7. The van der Waals surface area contributed by atoms with Crippen molar-refractivity contribution in [3.63, 3.8) is 0 Å². The second-order valence-corrected chi connectivity index (χ2v) is 5.39. The molecule has 0 aromatic heterocycles. The molecular weight excluding hydrogens is 210 g/mol. The van der Waals surface area contributed by atoms with Crippen LogP contribution in [0.15, 0.2) is 24.3 Å². The zero-order chi connectivity index (χ0) is 12.1. The van der Waals surface area contributed by atoms with E-state index in [2.05, 4.69) is 12.2 Å². The Kier molecular flexibility index (Phi) is 4.43. The minimum atomic E-state index is 0.400. The molecule has 2 nitrogen and oxygen atoms in total. The van der Waals surface area contributed by atoms with Crippen LogP contribution in [-0.2, 0) is 6.54 Å². The number of para-hydroxylation sites is 1. The summed E-state index contributed by atoms with van der Waals surface area (Å²) in [5.41, 5.74) is 0.997. The number of phenols is 1. The molecule has 1 aromatic rings. The molecule has 0 amide bonds. The van der Waals surface area contributed by atoms with Crippen molar-refractivity contribution in [3.8, 4) is 5.75 Å². The second-order valence-electron chi connectivity index (χ2n) is 5.39. The molecule has 1 saturated carbocycles. The molecule has 2 heteroatoms. The van der Waals surface area contributed by atoms with E-state index >= 15 is 0 Å². The average Bonchev–Trinajstić information content (AvgIpc) is 2.34. The van der Waals surface area contributed by atoms with Gasteiger partial charge in [-0.3, -0.25) is 0 Å². The first-order valence-electron chi connectivity index (χ1n) is 6.73. The zero-order valence-corrected chi connectivity index (χ0v) is 10.7. The summed E-state index contributed by atoms with van der Waals surface area (Å²) >= 11 is 0. The van der Waals surface area contributed by atoms with Gasteiger partial charge < -0.3 is 10.4 Å². The molecule has 17 heavy (non-hydrogen) atoms. The van der Waals surface area contributed by atoms with Crippen LogP contribution < -0.4 is 5.32 Å². The highest BCUT2D eigenvalue weighted by Crippen LogP contribution is 2.27. The van der Waals surface area contributed by atoms with Gasteiger partial charge in [-0.1, -0.05) is 38.0 Å². The Balaban J connectivity index is 1.71. The predicted octanol–water partition coefficient (Wildman–Crippen LogP) is 3.31. The fourth-order valence-electron chi connectivity index (χ4n) is 2.60. The summed E-state index contributed by atoms with van der Waals surface area (Å²) in [6.07, 6.45) is 5.47. The molecule has 0 unspecified atom stereocenters. The molecule has 0 atom stereocenters. The van der Waals surface area contributed by atoms with E-state index in [1.54, 1.807) is 6.07 Å². The van der Waals surface area contributed by atoms with E-state index in [-0.39, 0.29) is 0 Å². The molecule has 0 spiro atoms. The summed E-state index contributed by atoms with van der Waals surface area (Å²) in [6.45, 7) is 4.21. The highest BCUT2D eigenvalue weighted by atomic mass is 16.3. The number of aromatic hydroxyl groups is 1. The minimum absolute atomic E-state index is 0.400. The van der Waals surface area contributed by atoms with E-state index in [0.717, 1.165) is 30.5 Å². The number of nitrogens with one attached hydrogen (secondary N) is 1. The third-order valence-electron chi connectivity index (χ3n) is 3.88. The Morgan fingerprint density at radius 2 is 1.88 bits per heavy atom. The number of rotatable bonds is 4. The van der Waals surface area contributed by atoms with E-state index in [1.807, 2.05) is 18.2 Å². The summed E-state index contributed by atoms with van der Waals surface area (Å²) in [5, 5.41) is 13.1. The summed E-state index contributed by atoms with van der Waals surface area (Å²) < 4.78 is 0. The fourth-order valence-corrected chi connectivity index (χ4v) is 2.60. The van der Waals surface area contributed by atoms with Gasteiger partial charge in [-0.25, -0.2) is 0 Å². The Morgan fingerprint density at radius 3 is 2.59 bits per heavy atom. The quantitative estimate of drug-likeness (QED) is 0.836. The fraction of sp³-hybridized carbons (Fsp3) is 0.600. The van der Waals surface area contributed by atoms with Crippen molar-refractivity contribution in [2.45, 2.75) is 39.2 Å². The Morgan fingerprint density at radius 1 is 1.18 bits per heavy atom. The van der Waals surface area contributed by atoms with Crippen LogP contribution in [-0.4, -0.2) is 11.7 Å². The van der Waals surface area contributed by atoms with Gasteiger partial charge in [-0.05, 0) is 37.3 Å². The molecule has 1 fully saturated rings. The highest BCUT2D eigenvalue weighted by Gasteiger charge is 2.17. The highest BCUT2D eigenvalue weighted by molar-refractivity contribution is 5.31. The van der Waals surface area contributed by atoms with Gasteiger partial charge in [0.25, 0.3) is 0 Å². The SMILES string of the molecule is CC1CCC(CNCc2ccccc2O)CC1. The van der Waals surface area contributed by atoms with Crippen LogP contribution in [0, 0.1) is 11.8 Å². The van der Waals surface area contributed by atoms with Crippen LogP contribution in [0.4, 0.5) is 0 Å². The van der Waals surface area contributed by atoms with Gasteiger partial charge in [0.1, 0.15) is 5.75 Å². The lowest BCUT2D eigenvalue weighted by Crippen LogP contribution is -2.25. The molecule has 2 N–H and O–H groups in total. The predicted molar refractivity (Wildman–Crippen MR) is 70.9 cm³/mol. The van der Waals surface area contributed by atoms with Gasteiger partial charge in [0.15, 0.2) is 0 Å². The molecule has 0 heterocycles. The minimum Gasteiger partial charge on any atom is -0.508 e. The number of phenolic OH excluding ortho intramolecular Hbond substituents is 1. The molecule has 2 rings (SSSR count). The van der Waals surface area contributed by atoms with E-state index in [0.29, 0.717) is 5.75 Å². The number of hydrogen-bond acceptors (Lipinski definition) is 2. The van der Waals surface area contributed by atoms with E-state index in [1.165, 1.54) is 25.7 Å². The lowest BCUT2D eigenvalue weighted by Gasteiger charge is -2.26. The van der Waals surface area contributed by atoms with Crippen LogP contribution in [0.3, 0.4) is 0 Å². The molecule has 0 saturated heterocycles. The van der Waals surface area contributed by atoms with Gasteiger partial charge in [0, 0.05) is 12.1 Å². The molecule has 0 radical (unpaired) electrons. The first-order chi connectivity index (χ1) is 8.25. The largest absolute Gasteiger partial charge is 0.508 e. The van der Waals surface area contributed by atoms with Crippen LogP contribution >= 0.6 is 0 Å². The average molecular weight is 233 g/mol. The number of benzene rings is 1. The summed E-state index contributed by atoms with van der Waals surface area (Å²) in [6, 6.07) is 7.56. The van der Waals surface area contributed by atoms with Crippen molar-refractivity contribution >= 4 is 0 Å². The van der Waals surface area contributed by atoms with E-state index < -0.39 is 0 Å². The third kappa shape index (κ3) is 3.74. The van der Waals surface area contributed by atoms with Crippen molar-refractivity contribution in [2.24, 2.45) is 11.8 Å². The first-order valence-corrected chi connectivity index (χ1v) is 6.73. The first kappa shape index (κ1) is 12.4. The van der Waals surface area contributed by atoms with E-state index in [4.69, 9.17) is 0 Å². The van der Waals surface area contributed by atoms with Crippen LogP contribution in [0.25, 0.3) is 0 Å². The van der Waals surface area contributed by atoms with Gasteiger partial charge in [-0.15, -0.1) is 0 Å². The molecule has 0 aliphatic heterocycles. The molecular formula is C15H23NO. The van der Waals surface area contributed by atoms with E-state index in [9.17, 15) is 5.11 Å². The topological polar surface area (TPSA) is 32.3 Å². The Hall–Kier alpha value is -1.02. The summed E-state index contributed by atoms with van der Waals surface area (Å²) in [5.74, 6) is 2.15. The van der Waals surface area contributed by atoms with Crippen molar-refractivity contribution in [1.82, 2.24) is 5.32 Å². The van der Waals surface area contributed by atoms with Gasteiger partial charge in [0.05, 0.1) is 0 Å².